The summed E-state index contributed by atoms with van der Waals surface area (Å²) in [5.41, 5.74) is 1.36. The number of halogens is 2. The van der Waals surface area contributed by atoms with Crippen LogP contribution in [0.5, 0.6) is 5.75 Å². The van der Waals surface area contributed by atoms with Crippen molar-refractivity contribution in [2.45, 2.75) is 51.3 Å². The Kier molecular flexibility index (Phi) is 8.69. The molecule has 2 fully saturated rings. The molecule has 188 valence electrons. The summed E-state index contributed by atoms with van der Waals surface area (Å²) in [6.07, 6.45) is 4.74. The molecule has 0 saturated carbocycles. The third-order valence-corrected chi connectivity index (χ3v) is 6.90. The van der Waals surface area contributed by atoms with E-state index in [1.807, 2.05) is 18.2 Å². The first kappa shape index (κ1) is 25.1. The van der Waals surface area contributed by atoms with Gasteiger partial charge in [0.2, 0.25) is 5.91 Å². The molecule has 1 N–H and O–H groups in total. The molecule has 0 aliphatic carbocycles. The number of hydrogen-bond donors (Lipinski definition) is 1. The molecule has 35 heavy (non-hydrogen) atoms. The summed E-state index contributed by atoms with van der Waals surface area (Å²) in [7, 11) is 0. The van der Waals surface area contributed by atoms with E-state index in [4.69, 9.17) is 0 Å². The zero-order valence-electron chi connectivity index (χ0n) is 19.9. The molecule has 2 aliphatic rings. The lowest BCUT2D eigenvalue weighted by Crippen LogP contribution is -2.50. The fourth-order valence-electron chi connectivity index (χ4n) is 5.07. The molecule has 0 aromatic heterocycles. The standard InChI is InChI=1S/C27H33F2N3O3/c28-27(29)35-24-14-5-4-13-23(24)26(34)32-16-8-11-21(19-32)25(33)30-17-22-12-6-7-15-31(22)18-20-9-2-1-3-10-20/h1-5,9-10,13-14,21-22,27H,6-8,11-12,15-19H2,(H,30,33)/t21-,22+/m1/s1. The number of hydrogen-bond acceptors (Lipinski definition) is 4. The van der Waals surface area contributed by atoms with Crippen LogP contribution in [0.25, 0.3) is 0 Å². The van der Waals surface area contributed by atoms with E-state index in [2.05, 4.69) is 27.1 Å². The van der Waals surface area contributed by atoms with Crippen LogP contribution in [-0.2, 0) is 11.3 Å². The van der Waals surface area contributed by atoms with Gasteiger partial charge in [0.05, 0.1) is 11.5 Å². The fraction of sp³-hybridized carbons (Fsp3) is 0.481. The Morgan fingerprint density at radius 1 is 0.971 bits per heavy atom. The third-order valence-electron chi connectivity index (χ3n) is 6.90. The van der Waals surface area contributed by atoms with Crippen molar-refractivity contribution in [3.63, 3.8) is 0 Å². The van der Waals surface area contributed by atoms with Gasteiger partial charge in [-0.3, -0.25) is 14.5 Å². The van der Waals surface area contributed by atoms with Crippen molar-refractivity contribution in [3.05, 3.63) is 65.7 Å². The first-order valence-electron chi connectivity index (χ1n) is 12.4. The van der Waals surface area contributed by atoms with Crippen molar-refractivity contribution in [1.29, 1.82) is 0 Å². The first-order valence-corrected chi connectivity index (χ1v) is 12.4. The minimum absolute atomic E-state index is 0.0511. The number of nitrogens with zero attached hydrogens (tertiary/aromatic N) is 2. The van der Waals surface area contributed by atoms with Crippen LogP contribution in [0, 0.1) is 5.92 Å². The highest BCUT2D eigenvalue weighted by Crippen LogP contribution is 2.25. The molecule has 0 bridgehead atoms. The summed E-state index contributed by atoms with van der Waals surface area (Å²) in [5, 5.41) is 3.13. The number of carbonyl (C=O) groups excluding carboxylic acids is 2. The predicted octanol–water partition coefficient (Wildman–Crippen LogP) is 4.31. The van der Waals surface area contributed by atoms with Gasteiger partial charge in [0.15, 0.2) is 0 Å². The summed E-state index contributed by atoms with van der Waals surface area (Å²) in [4.78, 5) is 30.1. The molecule has 0 unspecified atom stereocenters. The number of benzene rings is 2. The second-order valence-corrected chi connectivity index (χ2v) is 9.32. The van der Waals surface area contributed by atoms with Gasteiger partial charge in [-0.15, -0.1) is 0 Å². The molecule has 4 rings (SSSR count). The van der Waals surface area contributed by atoms with E-state index in [1.165, 1.54) is 17.7 Å². The van der Waals surface area contributed by atoms with E-state index in [0.29, 0.717) is 25.9 Å². The number of ether oxygens (including phenoxy) is 1. The van der Waals surface area contributed by atoms with Gasteiger partial charge in [-0.05, 0) is 49.9 Å². The lowest BCUT2D eigenvalue weighted by molar-refractivity contribution is -0.126. The Balaban J connectivity index is 1.33. The number of para-hydroxylation sites is 1. The first-order chi connectivity index (χ1) is 17.0. The molecule has 2 aromatic rings. The fourth-order valence-corrected chi connectivity index (χ4v) is 5.07. The van der Waals surface area contributed by atoms with Crippen LogP contribution >= 0.6 is 0 Å². The highest BCUT2D eigenvalue weighted by atomic mass is 19.3. The Morgan fingerprint density at radius 3 is 2.54 bits per heavy atom. The normalized spacial score (nSPS) is 21.1. The number of rotatable bonds is 8. The Labute approximate surface area is 205 Å². The predicted molar refractivity (Wildman–Crippen MR) is 129 cm³/mol. The summed E-state index contributed by atoms with van der Waals surface area (Å²) in [6.45, 7) is 0.214. The van der Waals surface area contributed by atoms with Gasteiger partial charge < -0.3 is 15.0 Å². The molecule has 2 saturated heterocycles. The van der Waals surface area contributed by atoms with Crippen molar-refractivity contribution >= 4 is 11.8 Å². The average molecular weight is 486 g/mol. The average Bonchev–Trinajstić information content (AvgIpc) is 2.88. The van der Waals surface area contributed by atoms with E-state index < -0.39 is 6.61 Å². The number of alkyl halides is 2. The second kappa shape index (κ2) is 12.1. The van der Waals surface area contributed by atoms with Gasteiger partial charge in [0.1, 0.15) is 5.75 Å². The molecule has 0 spiro atoms. The topological polar surface area (TPSA) is 61.9 Å². The number of nitrogens with one attached hydrogen (secondary N) is 1. The summed E-state index contributed by atoms with van der Waals surface area (Å²) in [6, 6.07) is 16.7. The van der Waals surface area contributed by atoms with Crippen LogP contribution in [0.15, 0.2) is 54.6 Å². The van der Waals surface area contributed by atoms with Gasteiger partial charge >= 0.3 is 6.61 Å². The maximum atomic E-state index is 13.1. The summed E-state index contributed by atoms with van der Waals surface area (Å²) < 4.78 is 30.0. The zero-order valence-corrected chi connectivity index (χ0v) is 19.9. The van der Waals surface area contributed by atoms with Gasteiger partial charge in [-0.1, -0.05) is 48.9 Å². The molecule has 6 nitrogen and oxygen atoms in total. The van der Waals surface area contributed by atoms with Crippen LogP contribution in [-0.4, -0.2) is 60.4 Å². The molecule has 2 atom stereocenters. The van der Waals surface area contributed by atoms with E-state index in [-0.39, 0.29) is 41.6 Å². The van der Waals surface area contributed by atoms with Crippen LogP contribution in [0.4, 0.5) is 8.78 Å². The quantitative estimate of drug-likeness (QED) is 0.605. The van der Waals surface area contributed by atoms with Crippen LogP contribution in [0.2, 0.25) is 0 Å². The van der Waals surface area contributed by atoms with Gasteiger partial charge in [0, 0.05) is 32.2 Å². The maximum Gasteiger partial charge on any atom is 0.387 e. The van der Waals surface area contributed by atoms with Crippen molar-refractivity contribution < 1.29 is 23.1 Å². The lowest BCUT2D eigenvalue weighted by atomic mass is 9.95. The molecule has 2 heterocycles. The van der Waals surface area contributed by atoms with E-state index >= 15 is 0 Å². The van der Waals surface area contributed by atoms with Crippen molar-refractivity contribution in [3.8, 4) is 5.75 Å². The highest BCUT2D eigenvalue weighted by Gasteiger charge is 2.31. The number of amides is 2. The number of piperidine rings is 2. The third kappa shape index (κ3) is 6.78. The highest BCUT2D eigenvalue weighted by molar-refractivity contribution is 5.97. The SMILES string of the molecule is O=C(NC[C@@H]1CCCCN1Cc1ccccc1)[C@@H]1CCCN(C(=O)c2ccccc2OC(F)F)C1. The van der Waals surface area contributed by atoms with Crippen LogP contribution in [0.1, 0.15) is 48.0 Å². The molecule has 2 aliphatic heterocycles. The Hall–Kier alpha value is -3.00. The minimum atomic E-state index is -3.01. The van der Waals surface area contributed by atoms with Crippen molar-refractivity contribution in [2.75, 3.05) is 26.2 Å². The Morgan fingerprint density at radius 2 is 1.74 bits per heavy atom. The minimum Gasteiger partial charge on any atom is -0.434 e. The van der Waals surface area contributed by atoms with E-state index in [1.54, 1.807) is 17.0 Å². The van der Waals surface area contributed by atoms with Crippen LogP contribution in [0.3, 0.4) is 0 Å². The zero-order chi connectivity index (χ0) is 24.6. The molecular weight excluding hydrogens is 452 g/mol. The molecule has 2 aromatic carbocycles. The Bertz CT molecular complexity index is 989. The summed E-state index contributed by atoms with van der Waals surface area (Å²) >= 11 is 0. The van der Waals surface area contributed by atoms with Gasteiger partial charge in [-0.25, -0.2) is 0 Å². The van der Waals surface area contributed by atoms with Gasteiger partial charge in [0.25, 0.3) is 5.91 Å². The maximum absolute atomic E-state index is 13.1. The lowest BCUT2D eigenvalue weighted by Gasteiger charge is -2.37. The van der Waals surface area contributed by atoms with E-state index in [0.717, 1.165) is 32.4 Å². The van der Waals surface area contributed by atoms with E-state index in [9.17, 15) is 18.4 Å². The molecule has 2 amide bonds. The largest absolute Gasteiger partial charge is 0.434 e. The van der Waals surface area contributed by atoms with Crippen LogP contribution < -0.4 is 10.1 Å². The summed E-state index contributed by atoms with van der Waals surface area (Å²) in [5.74, 6) is -0.901. The monoisotopic (exact) mass is 485 g/mol. The van der Waals surface area contributed by atoms with Gasteiger partial charge in [-0.2, -0.15) is 8.78 Å². The smallest absolute Gasteiger partial charge is 0.387 e. The molecule has 0 radical (unpaired) electrons. The molecular formula is C27H33F2N3O3. The van der Waals surface area contributed by atoms with Crippen molar-refractivity contribution in [1.82, 2.24) is 15.1 Å². The molecule has 8 heteroatoms. The van der Waals surface area contributed by atoms with Crippen molar-refractivity contribution in [2.24, 2.45) is 5.92 Å². The second-order valence-electron chi connectivity index (χ2n) is 9.32. The number of likely N-dealkylation sites (tertiary alicyclic amines) is 2. The number of carbonyl (C=O) groups is 2.